The van der Waals surface area contributed by atoms with Crippen molar-refractivity contribution in [1.82, 2.24) is 15.5 Å². The van der Waals surface area contributed by atoms with Gasteiger partial charge in [0.25, 0.3) is 0 Å². The highest BCUT2D eigenvalue weighted by Crippen LogP contribution is 2.29. The number of rotatable bonds is 3. The maximum absolute atomic E-state index is 11.9. The third-order valence-corrected chi connectivity index (χ3v) is 4.68. The van der Waals surface area contributed by atoms with Gasteiger partial charge in [-0.3, -0.25) is 9.69 Å². The second kappa shape index (κ2) is 5.82. The van der Waals surface area contributed by atoms with Crippen LogP contribution in [0.15, 0.2) is 12.1 Å². The van der Waals surface area contributed by atoms with Gasteiger partial charge >= 0.3 is 0 Å². The van der Waals surface area contributed by atoms with E-state index in [1.807, 2.05) is 11.3 Å². The van der Waals surface area contributed by atoms with Crippen LogP contribution < -0.4 is 10.6 Å². The Hall–Kier alpha value is -0.910. The van der Waals surface area contributed by atoms with Crippen molar-refractivity contribution < 1.29 is 4.79 Å². The minimum atomic E-state index is -0.0684. The van der Waals surface area contributed by atoms with Crippen molar-refractivity contribution in [2.24, 2.45) is 0 Å². The summed E-state index contributed by atoms with van der Waals surface area (Å²) in [7, 11) is 1.70. The van der Waals surface area contributed by atoms with E-state index in [-0.39, 0.29) is 11.9 Å². The molecule has 2 heterocycles. The van der Waals surface area contributed by atoms with Crippen LogP contribution in [-0.4, -0.2) is 43.5 Å². The average molecular weight is 267 g/mol. The van der Waals surface area contributed by atoms with Crippen molar-refractivity contribution in [3.63, 3.8) is 0 Å². The van der Waals surface area contributed by atoms with E-state index in [1.54, 1.807) is 7.05 Å². The Labute approximate surface area is 112 Å². The Bertz CT molecular complexity index is 418. The maximum Gasteiger partial charge on any atom is 0.238 e. The monoisotopic (exact) mass is 267 g/mol. The maximum atomic E-state index is 11.9. The third-order valence-electron chi connectivity index (χ3n) is 3.50. The first-order chi connectivity index (χ1) is 8.63. The molecule has 0 spiro atoms. The first-order valence-electron chi connectivity index (χ1n) is 6.38. The molecule has 1 aromatic heterocycles. The van der Waals surface area contributed by atoms with Crippen LogP contribution in [0.2, 0.25) is 0 Å². The number of aryl methyl sites for hydroxylation is 1. The fourth-order valence-electron chi connectivity index (χ4n) is 2.43. The van der Waals surface area contributed by atoms with Crippen molar-refractivity contribution >= 4 is 17.2 Å². The fourth-order valence-corrected chi connectivity index (χ4v) is 3.38. The standard InChI is InChI=1S/C13H21N3OS/c1-9-4-5-12(18-9)10(2)16-7-6-15-8-11(16)13(17)14-3/h4-5,10-11,15H,6-8H2,1-3H3,(H,14,17). The topological polar surface area (TPSA) is 44.4 Å². The summed E-state index contributed by atoms with van der Waals surface area (Å²) in [5.74, 6) is 0.0994. The van der Waals surface area contributed by atoms with Gasteiger partial charge in [-0.05, 0) is 26.0 Å². The van der Waals surface area contributed by atoms with Crippen LogP contribution in [0.5, 0.6) is 0 Å². The zero-order chi connectivity index (χ0) is 13.1. The number of carbonyl (C=O) groups excluding carboxylic acids is 1. The van der Waals surface area contributed by atoms with Gasteiger partial charge in [-0.1, -0.05) is 0 Å². The highest BCUT2D eigenvalue weighted by molar-refractivity contribution is 7.12. The smallest absolute Gasteiger partial charge is 0.238 e. The summed E-state index contributed by atoms with van der Waals surface area (Å²) in [6.45, 7) is 6.90. The summed E-state index contributed by atoms with van der Waals surface area (Å²) >= 11 is 1.82. The van der Waals surface area contributed by atoms with Crippen LogP contribution in [-0.2, 0) is 4.79 Å². The molecular formula is C13H21N3OS. The number of thiophene rings is 1. The zero-order valence-corrected chi connectivity index (χ0v) is 12.0. The molecule has 18 heavy (non-hydrogen) atoms. The van der Waals surface area contributed by atoms with Crippen molar-refractivity contribution in [3.8, 4) is 0 Å². The molecule has 2 N–H and O–H groups in total. The number of hydrogen-bond donors (Lipinski definition) is 2. The molecule has 1 fully saturated rings. The normalized spacial score (nSPS) is 22.7. The highest BCUT2D eigenvalue weighted by Gasteiger charge is 2.32. The van der Waals surface area contributed by atoms with Gasteiger partial charge in [0.2, 0.25) is 5.91 Å². The van der Waals surface area contributed by atoms with Gasteiger partial charge in [0.05, 0.1) is 0 Å². The molecule has 2 rings (SSSR count). The molecule has 0 saturated carbocycles. The number of likely N-dealkylation sites (N-methyl/N-ethyl adjacent to an activating group) is 1. The third kappa shape index (κ3) is 2.74. The van der Waals surface area contributed by atoms with Crippen molar-refractivity contribution in [2.45, 2.75) is 25.9 Å². The molecule has 1 aromatic rings. The van der Waals surface area contributed by atoms with E-state index in [0.717, 1.165) is 19.6 Å². The number of hydrogen-bond acceptors (Lipinski definition) is 4. The Kier molecular flexibility index (Phi) is 4.37. The van der Waals surface area contributed by atoms with Crippen LogP contribution in [0.25, 0.3) is 0 Å². The molecule has 5 heteroatoms. The predicted octanol–water partition coefficient (Wildman–Crippen LogP) is 1.14. The first kappa shape index (κ1) is 13.5. The SMILES string of the molecule is CNC(=O)C1CNCCN1C(C)c1ccc(C)s1. The summed E-state index contributed by atoms with van der Waals surface area (Å²) in [6.07, 6.45) is 0. The van der Waals surface area contributed by atoms with Crippen molar-refractivity contribution in [3.05, 3.63) is 21.9 Å². The molecule has 1 aliphatic rings. The Morgan fingerprint density at radius 2 is 2.39 bits per heavy atom. The summed E-state index contributed by atoms with van der Waals surface area (Å²) in [5, 5.41) is 6.05. The summed E-state index contributed by atoms with van der Waals surface area (Å²) in [5.41, 5.74) is 0. The molecule has 0 aliphatic carbocycles. The Morgan fingerprint density at radius 1 is 1.61 bits per heavy atom. The van der Waals surface area contributed by atoms with Crippen LogP contribution in [0, 0.1) is 6.92 Å². The van der Waals surface area contributed by atoms with Gasteiger partial charge in [-0.25, -0.2) is 0 Å². The molecule has 0 radical (unpaired) electrons. The average Bonchev–Trinajstić information content (AvgIpc) is 2.83. The Balaban J connectivity index is 2.15. The van der Waals surface area contributed by atoms with Gasteiger partial charge in [0, 0.05) is 42.5 Å². The number of amides is 1. The van der Waals surface area contributed by atoms with E-state index in [1.165, 1.54) is 9.75 Å². The molecule has 0 bridgehead atoms. The van der Waals surface area contributed by atoms with E-state index in [4.69, 9.17) is 0 Å². The summed E-state index contributed by atoms with van der Waals surface area (Å²) in [6, 6.07) is 4.55. The summed E-state index contributed by atoms with van der Waals surface area (Å²) in [4.78, 5) is 16.9. The lowest BCUT2D eigenvalue weighted by molar-refractivity contribution is -0.127. The van der Waals surface area contributed by atoms with E-state index >= 15 is 0 Å². The number of nitrogens with zero attached hydrogens (tertiary/aromatic N) is 1. The van der Waals surface area contributed by atoms with Gasteiger partial charge < -0.3 is 10.6 Å². The van der Waals surface area contributed by atoms with Gasteiger partial charge in [-0.15, -0.1) is 11.3 Å². The largest absolute Gasteiger partial charge is 0.358 e. The molecule has 0 aromatic carbocycles. The highest BCUT2D eigenvalue weighted by atomic mass is 32.1. The molecular weight excluding hydrogens is 246 g/mol. The van der Waals surface area contributed by atoms with E-state index in [9.17, 15) is 4.79 Å². The minimum Gasteiger partial charge on any atom is -0.358 e. The minimum absolute atomic E-state index is 0.0684. The Morgan fingerprint density at radius 3 is 3.00 bits per heavy atom. The van der Waals surface area contributed by atoms with Crippen molar-refractivity contribution in [1.29, 1.82) is 0 Å². The molecule has 1 amide bonds. The van der Waals surface area contributed by atoms with E-state index in [2.05, 4.69) is 41.5 Å². The molecule has 2 atom stereocenters. The molecule has 100 valence electrons. The summed E-state index contributed by atoms with van der Waals surface area (Å²) < 4.78 is 0. The predicted molar refractivity (Wildman–Crippen MR) is 74.9 cm³/mol. The van der Waals surface area contributed by atoms with Crippen LogP contribution in [0.3, 0.4) is 0 Å². The lowest BCUT2D eigenvalue weighted by Gasteiger charge is -2.38. The molecule has 2 unspecified atom stereocenters. The zero-order valence-electron chi connectivity index (χ0n) is 11.2. The second-order valence-electron chi connectivity index (χ2n) is 4.70. The molecule has 1 aliphatic heterocycles. The molecule has 4 nitrogen and oxygen atoms in total. The fraction of sp³-hybridized carbons (Fsp3) is 0.615. The van der Waals surface area contributed by atoms with Crippen LogP contribution in [0.4, 0.5) is 0 Å². The second-order valence-corrected chi connectivity index (χ2v) is 6.02. The van der Waals surface area contributed by atoms with Gasteiger partial charge in [-0.2, -0.15) is 0 Å². The molecule has 1 saturated heterocycles. The number of carbonyl (C=O) groups is 1. The van der Waals surface area contributed by atoms with E-state index in [0.29, 0.717) is 6.04 Å². The van der Waals surface area contributed by atoms with Crippen molar-refractivity contribution in [2.75, 3.05) is 26.7 Å². The lowest BCUT2D eigenvalue weighted by Crippen LogP contribution is -2.57. The van der Waals surface area contributed by atoms with Crippen LogP contribution in [0.1, 0.15) is 22.7 Å². The number of piperazine rings is 1. The van der Waals surface area contributed by atoms with E-state index < -0.39 is 0 Å². The van der Waals surface area contributed by atoms with Gasteiger partial charge in [0.1, 0.15) is 6.04 Å². The van der Waals surface area contributed by atoms with Crippen LogP contribution >= 0.6 is 11.3 Å². The first-order valence-corrected chi connectivity index (χ1v) is 7.19. The number of nitrogens with one attached hydrogen (secondary N) is 2. The lowest BCUT2D eigenvalue weighted by atomic mass is 10.1. The van der Waals surface area contributed by atoms with Gasteiger partial charge in [0.15, 0.2) is 0 Å². The quantitative estimate of drug-likeness (QED) is 0.863.